The minimum absolute atomic E-state index is 0.0636. The molecule has 2 aromatic carbocycles. The molecule has 0 atom stereocenters. The largest absolute Gasteiger partial charge is 0.457 e. The predicted molar refractivity (Wildman–Crippen MR) is 96.6 cm³/mol. The van der Waals surface area contributed by atoms with E-state index in [4.69, 9.17) is 4.74 Å². The lowest BCUT2D eigenvalue weighted by molar-refractivity contribution is -0.121. The Balaban J connectivity index is 1.71. The van der Waals surface area contributed by atoms with Crippen molar-refractivity contribution in [1.29, 1.82) is 0 Å². The molecular formula is C21H25NO2. The zero-order valence-corrected chi connectivity index (χ0v) is 14.3. The second-order valence-corrected chi connectivity index (χ2v) is 6.32. The summed E-state index contributed by atoms with van der Waals surface area (Å²) < 4.78 is 5.95. The summed E-state index contributed by atoms with van der Waals surface area (Å²) in [4.78, 5) is 12.8. The third-order valence-corrected chi connectivity index (χ3v) is 4.52. The molecule has 0 spiro atoms. The Labute approximate surface area is 144 Å². The average Bonchev–Trinajstić information content (AvgIpc) is 2.62. The van der Waals surface area contributed by atoms with Crippen molar-refractivity contribution in [3.63, 3.8) is 0 Å². The third kappa shape index (κ3) is 3.61. The molecule has 0 bridgehead atoms. The van der Waals surface area contributed by atoms with Gasteiger partial charge in [0, 0.05) is 17.7 Å². The van der Waals surface area contributed by atoms with Crippen molar-refractivity contribution in [2.75, 3.05) is 6.54 Å². The van der Waals surface area contributed by atoms with E-state index in [1.807, 2.05) is 48.5 Å². The van der Waals surface area contributed by atoms with E-state index in [0.29, 0.717) is 0 Å². The highest BCUT2D eigenvalue weighted by molar-refractivity contribution is 5.89. The van der Waals surface area contributed by atoms with Crippen LogP contribution in [0.2, 0.25) is 0 Å². The van der Waals surface area contributed by atoms with Gasteiger partial charge in [-0.3, -0.25) is 4.79 Å². The Morgan fingerprint density at radius 3 is 2.12 bits per heavy atom. The lowest BCUT2D eigenvalue weighted by Crippen LogP contribution is -2.32. The Morgan fingerprint density at radius 2 is 1.50 bits per heavy atom. The lowest BCUT2D eigenvalue weighted by atomic mass is 9.87. The molecule has 3 nitrogen and oxygen atoms in total. The maximum absolute atomic E-state index is 12.8. The molecule has 0 aliphatic carbocycles. The van der Waals surface area contributed by atoms with E-state index in [0.717, 1.165) is 35.6 Å². The summed E-state index contributed by atoms with van der Waals surface area (Å²) in [5, 5.41) is 3.12. The van der Waals surface area contributed by atoms with Gasteiger partial charge in [-0.25, -0.2) is 0 Å². The number of unbranched alkanes of at least 4 members (excludes halogenated alkanes) is 4. The third-order valence-electron chi connectivity index (χ3n) is 4.52. The minimum Gasteiger partial charge on any atom is -0.457 e. The van der Waals surface area contributed by atoms with E-state index in [2.05, 4.69) is 12.2 Å². The first-order chi connectivity index (χ1) is 11.8. The number of amides is 1. The summed E-state index contributed by atoms with van der Waals surface area (Å²) in [5.74, 6) is 1.33. The Morgan fingerprint density at radius 1 is 0.917 bits per heavy atom. The molecule has 0 radical (unpaired) electrons. The normalized spacial score (nSPS) is 12.9. The molecule has 1 heterocycles. The average molecular weight is 323 g/mol. The zero-order valence-electron chi connectivity index (χ0n) is 14.3. The van der Waals surface area contributed by atoms with E-state index in [1.54, 1.807) is 0 Å². The number of benzene rings is 2. The molecule has 126 valence electrons. The lowest BCUT2D eigenvalue weighted by Gasteiger charge is -2.27. The molecule has 0 aromatic heterocycles. The number of para-hydroxylation sites is 2. The Bertz CT molecular complexity index is 650. The van der Waals surface area contributed by atoms with E-state index < -0.39 is 0 Å². The maximum atomic E-state index is 12.8. The molecule has 1 N–H and O–H groups in total. The van der Waals surface area contributed by atoms with Gasteiger partial charge in [0.1, 0.15) is 11.5 Å². The summed E-state index contributed by atoms with van der Waals surface area (Å²) in [6.07, 6.45) is 5.97. The van der Waals surface area contributed by atoms with Gasteiger partial charge in [0.25, 0.3) is 0 Å². The van der Waals surface area contributed by atoms with Gasteiger partial charge in [-0.05, 0) is 18.6 Å². The fourth-order valence-electron chi connectivity index (χ4n) is 3.23. The van der Waals surface area contributed by atoms with Gasteiger partial charge in [-0.15, -0.1) is 0 Å². The molecule has 0 unspecified atom stereocenters. The fourth-order valence-corrected chi connectivity index (χ4v) is 3.23. The molecule has 0 fully saturated rings. The number of carbonyl (C=O) groups excluding carboxylic acids is 1. The summed E-state index contributed by atoms with van der Waals surface area (Å²) >= 11 is 0. The number of ether oxygens (including phenoxy) is 1. The van der Waals surface area contributed by atoms with Crippen molar-refractivity contribution in [3.05, 3.63) is 59.7 Å². The van der Waals surface area contributed by atoms with Crippen LogP contribution in [0.15, 0.2) is 48.5 Å². The topological polar surface area (TPSA) is 38.3 Å². The van der Waals surface area contributed by atoms with Crippen molar-refractivity contribution in [3.8, 4) is 11.5 Å². The number of fused-ring (bicyclic) bond motifs is 2. The SMILES string of the molecule is CCCCCCCNC(=O)C1c2ccccc2Oc2ccccc21. The van der Waals surface area contributed by atoms with E-state index in [-0.39, 0.29) is 11.8 Å². The number of rotatable bonds is 7. The molecular weight excluding hydrogens is 298 g/mol. The van der Waals surface area contributed by atoms with E-state index in [9.17, 15) is 4.79 Å². The predicted octanol–water partition coefficient (Wildman–Crippen LogP) is 5.01. The number of hydrogen-bond donors (Lipinski definition) is 1. The van der Waals surface area contributed by atoms with Crippen LogP contribution in [0, 0.1) is 0 Å². The van der Waals surface area contributed by atoms with E-state index in [1.165, 1.54) is 25.7 Å². The number of carbonyl (C=O) groups is 1. The van der Waals surface area contributed by atoms with Gasteiger partial charge in [-0.2, -0.15) is 0 Å². The van der Waals surface area contributed by atoms with Crippen LogP contribution in [0.4, 0.5) is 0 Å². The smallest absolute Gasteiger partial charge is 0.232 e. The fraction of sp³-hybridized carbons (Fsp3) is 0.381. The highest BCUT2D eigenvalue weighted by atomic mass is 16.5. The second kappa shape index (κ2) is 8.00. The van der Waals surface area contributed by atoms with Gasteiger partial charge in [-0.1, -0.05) is 69.0 Å². The van der Waals surface area contributed by atoms with Crippen molar-refractivity contribution in [2.24, 2.45) is 0 Å². The molecule has 1 amide bonds. The van der Waals surface area contributed by atoms with Crippen molar-refractivity contribution in [1.82, 2.24) is 5.32 Å². The Kier molecular flexibility index (Phi) is 5.52. The minimum atomic E-state index is -0.290. The Hall–Kier alpha value is -2.29. The van der Waals surface area contributed by atoms with Gasteiger partial charge in [0.05, 0.1) is 5.92 Å². The summed E-state index contributed by atoms with van der Waals surface area (Å²) in [7, 11) is 0. The maximum Gasteiger partial charge on any atom is 0.232 e. The van der Waals surface area contributed by atoms with Gasteiger partial charge in [0.15, 0.2) is 0 Å². The highest BCUT2D eigenvalue weighted by Gasteiger charge is 2.31. The quantitative estimate of drug-likeness (QED) is 0.727. The summed E-state index contributed by atoms with van der Waals surface area (Å²) in [6.45, 7) is 2.95. The molecule has 0 saturated heterocycles. The van der Waals surface area contributed by atoms with Crippen molar-refractivity contribution in [2.45, 2.75) is 44.9 Å². The van der Waals surface area contributed by atoms with Gasteiger partial charge in [0.2, 0.25) is 5.91 Å². The first-order valence-electron chi connectivity index (χ1n) is 8.94. The standard InChI is InChI=1S/C21H25NO2/c1-2-3-4-5-10-15-22-21(23)20-16-11-6-8-13-18(16)24-19-14-9-7-12-17(19)20/h6-9,11-14,20H,2-5,10,15H2,1H3,(H,22,23). The van der Waals surface area contributed by atoms with Gasteiger partial charge >= 0.3 is 0 Å². The molecule has 0 saturated carbocycles. The molecule has 3 heteroatoms. The van der Waals surface area contributed by atoms with Crippen LogP contribution in [0.1, 0.15) is 56.1 Å². The monoisotopic (exact) mass is 323 g/mol. The second-order valence-electron chi connectivity index (χ2n) is 6.32. The van der Waals surface area contributed by atoms with Crippen LogP contribution in [0.5, 0.6) is 11.5 Å². The first kappa shape index (κ1) is 16.6. The zero-order chi connectivity index (χ0) is 16.8. The highest BCUT2D eigenvalue weighted by Crippen LogP contribution is 2.43. The molecule has 1 aliphatic heterocycles. The van der Waals surface area contributed by atoms with Crippen molar-refractivity contribution >= 4 is 5.91 Å². The van der Waals surface area contributed by atoms with Crippen LogP contribution >= 0.6 is 0 Å². The van der Waals surface area contributed by atoms with Crippen LogP contribution in [0.3, 0.4) is 0 Å². The molecule has 1 aliphatic rings. The van der Waals surface area contributed by atoms with Crippen LogP contribution in [-0.4, -0.2) is 12.5 Å². The van der Waals surface area contributed by atoms with E-state index >= 15 is 0 Å². The van der Waals surface area contributed by atoms with Crippen LogP contribution < -0.4 is 10.1 Å². The summed E-state index contributed by atoms with van der Waals surface area (Å²) in [5.41, 5.74) is 1.89. The molecule has 24 heavy (non-hydrogen) atoms. The molecule has 2 aromatic rings. The van der Waals surface area contributed by atoms with Crippen LogP contribution in [-0.2, 0) is 4.79 Å². The van der Waals surface area contributed by atoms with Crippen molar-refractivity contribution < 1.29 is 9.53 Å². The number of hydrogen-bond acceptors (Lipinski definition) is 2. The summed E-state index contributed by atoms with van der Waals surface area (Å²) in [6, 6.07) is 15.6. The molecule has 3 rings (SSSR count). The first-order valence-corrected chi connectivity index (χ1v) is 8.94. The van der Waals surface area contributed by atoms with Crippen LogP contribution in [0.25, 0.3) is 0 Å². The van der Waals surface area contributed by atoms with Gasteiger partial charge < -0.3 is 10.1 Å². The number of nitrogens with one attached hydrogen (secondary N) is 1.